The smallest absolute Gasteiger partial charge is 0.343 e. The van der Waals surface area contributed by atoms with Gasteiger partial charge < -0.3 is 14.6 Å². The summed E-state index contributed by atoms with van der Waals surface area (Å²) in [6, 6.07) is 10.5. The van der Waals surface area contributed by atoms with E-state index < -0.39 is 11.9 Å². The monoisotopic (exact) mass is 364 g/mol. The fraction of sp³-hybridized carbons (Fsp3) is 0.125. The Kier molecular flexibility index (Phi) is 5.16. The van der Waals surface area contributed by atoms with Gasteiger partial charge in [0.05, 0.1) is 22.2 Å². The number of halogens is 1. The van der Waals surface area contributed by atoms with Gasteiger partial charge in [-0.2, -0.15) is 0 Å². The molecule has 0 saturated heterocycles. The Hall–Kier alpha value is -2.34. The standard InChI is InChI=1S/C16H13BrO5/c1-2-21-14-8-5-11(9-13(14)17)16(20)22-12-6-3-10(4-7-12)15(18)19/h3-9H,2H2,1H3,(H,18,19). The Labute approximate surface area is 135 Å². The normalized spacial score (nSPS) is 10.1. The van der Waals surface area contributed by atoms with E-state index >= 15 is 0 Å². The number of esters is 1. The molecule has 0 spiro atoms. The topological polar surface area (TPSA) is 72.8 Å². The molecule has 2 aromatic carbocycles. The lowest BCUT2D eigenvalue weighted by atomic mass is 10.2. The largest absolute Gasteiger partial charge is 0.493 e. The highest BCUT2D eigenvalue weighted by Gasteiger charge is 2.12. The van der Waals surface area contributed by atoms with Crippen molar-refractivity contribution in [2.45, 2.75) is 6.92 Å². The van der Waals surface area contributed by atoms with Crippen LogP contribution in [0.1, 0.15) is 27.6 Å². The molecule has 0 amide bonds. The summed E-state index contributed by atoms with van der Waals surface area (Å²) in [5.74, 6) is -0.648. The van der Waals surface area contributed by atoms with Crippen molar-refractivity contribution in [1.82, 2.24) is 0 Å². The SMILES string of the molecule is CCOc1ccc(C(=O)Oc2ccc(C(=O)O)cc2)cc1Br. The molecule has 0 aliphatic carbocycles. The van der Waals surface area contributed by atoms with Crippen LogP contribution < -0.4 is 9.47 Å². The maximum absolute atomic E-state index is 12.1. The minimum Gasteiger partial charge on any atom is -0.493 e. The summed E-state index contributed by atoms with van der Waals surface area (Å²) < 4.78 is 11.2. The summed E-state index contributed by atoms with van der Waals surface area (Å²) >= 11 is 3.33. The number of carboxylic acid groups (broad SMARTS) is 1. The Morgan fingerprint density at radius 1 is 1.09 bits per heavy atom. The van der Waals surface area contributed by atoms with Crippen LogP contribution in [0, 0.1) is 0 Å². The molecule has 5 nitrogen and oxygen atoms in total. The van der Waals surface area contributed by atoms with Crippen LogP contribution >= 0.6 is 15.9 Å². The lowest BCUT2D eigenvalue weighted by Crippen LogP contribution is -2.09. The minimum absolute atomic E-state index is 0.128. The highest BCUT2D eigenvalue weighted by molar-refractivity contribution is 9.10. The Balaban J connectivity index is 2.11. The molecular weight excluding hydrogens is 352 g/mol. The first kappa shape index (κ1) is 16.0. The number of aromatic carboxylic acids is 1. The van der Waals surface area contributed by atoms with E-state index in [1.54, 1.807) is 18.2 Å². The number of hydrogen-bond donors (Lipinski definition) is 1. The van der Waals surface area contributed by atoms with E-state index in [4.69, 9.17) is 14.6 Å². The van der Waals surface area contributed by atoms with E-state index in [1.807, 2.05) is 6.92 Å². The van der Waals surface area contributed by atoms with E-state index in [0.29, 0.717) is 22.4 Å². The summed E-state index contributed by atoms with van der Waals surface area (Å²) in [7, 11) is 0. The average Bonchev–Trinajstić information content (AvgIpc) is 2.50. The van der Waals surface area contributed by atoms with Crippen LogP contribution in [0.4, 0.5) is 0 Å². The average molecular weight is 365 g/mol. The van der Waals surface area contributed by atoms with Crippen molar-refractivity contribution in [2.24, 2.45) is 0 Å². The number of rotatable bonds is 5. The van der Waals surface area contributed by atoms with Crippen molar-refractivity contribution < 1.29 is 24.2 Å². The van der Waals surface area contributed by atoms with Crippen LogP contribution in [0.25, 0.3) is 0 Å². The lowest BCUT2D eigenvalue weighted by molar-refractivity contribution is 0.0696. The van der Waals surface area contributed by atoms with Crippen molar-refractivity contribution in [1.29, 1.82) is 0 Å². The van der Waals surface area contributed by atoms with Crippen molar-refractivity contribution >= 4 is 27.9 Å². The number of carboxylic acids is 1. The maximum Gasteiger partial charge on any atom is 0.343 e. The van der Waals surface area contributed by atoms with Crippen molar-refractivity contribution in [3.63, 3.8) is 0 Å². The molecule has 114 valence electrons. The number of benzene rings is 2. The van der Waals surface area contributed by atoms with Gasteiger partial charge in [-0.15, -0.1) is 0 Å². The second kappa shape index (κ2) is 7.09. The van der Waals surface area contributed by atoms with Gasteiger partial charge in [-0.3, -0.25) is 0 Å². The van der Waals surface area contributed by atoms with Crippen molar-refractivity contribution in [2.75, 3.05) is 6.61 Å². The summed E-state index contributed by atoms with van der Waals surface area (Å²) in [4.78, 5) is 22.8. The molecule has 0 heterocycles. The summed E-state index contributed by atoms with van der Waals surface area (Å²) in [5.41, 5.74) is 0.487. The molecule has 6 heteroatoms. The van der Waals surface area contributed by atoms with Crippen molar-refractivity contribution in [3.8, 4) is 11.5 Å². The predicted molar refractivity (Wildman–Crippen MR) is 83.7 cm³/mol. The molecule has 0 aromatic heterocycles. The third-order valence-corrected chi connectivity index (χ3v) is 3.40. The lowest BCUT2D eigenvalue weighted by Gasteiger charge is -2.08. The van der Waals surface area contributed by atoms with Crippen LogP contribution in [-0.2, 0) is 0 Å². The van der Waals surface area contributed by atoms with Gasteiger partial charge in [-0.05, 0) is 65.3 Å². The molecule has 0 saturated carbocycles. The van der Waals surface area contributed by atoms with Crippen molar-refractivity contribution in [3.05, 3.63) is 58.1 Å². The van der Waals surface area contributed by atoms with Crippen LogP contribution in [0.3, 0.4) is 0 Å². The molecule has 0 aliphatic heterocycles. The molecule has 0 bridgehead atoms. The molecule has 1 N–H and O–H groups in total. The quantitative estimate of drug-likeness (QED) is 0.645. The van der Waals surface area contributed by atoms with Crippen LogP contribution in [-0.4, -0.2) is 23.7 Å². The van der Waals surface area contributed by atoms with E-state index in [1.165, 1.54) is 24.3 Å². The van der Waals surface area contributed by atoms with Gasteiger partial charge >= 0.3 is 11.9 Å². The molecule has 0 aliphatic rings. The van der Waals surface area contributed by atoms with Crippen LogP contribution in [0.5, 0.6) is 11.5 Å². The Bertz CT molecular complexity index is 694. The Morgan fingerprint density at radius 2 is 1.73 bits per heavy atom. The molecule has 2 aromatic rings. The number of carbonyl (C=O) groups excluding carboxylic acids is 1. The zero-order valence-electron chi connectivity index (χ0n) is 11.7. The Morgan fingerprint density at radius 3 is 2.27 bits per heavy atom. The van der Waals surface area contributed by atoms with Gasteiger partial charge in [-0.25, -0.2) is 9.59 Å². The minimum atomic E-state index is -1.03. The molecular formula is C16H13BrO5. The number of carbonyl (C=O) groups is 2. The first-order valence-electron chi connectivity index (χ1n) is 6.49. The van der Waals surface area contributed by atoms with Gasteiger partial charge in [0.2, 0.25) is 0 Å². The second-order valence-electron chi connectivity index (χ2n) is 4.30. The molecule has 0 fully saturated rings. The van der Waals surface area contributed by atoms with E-state index in [-0.39, 0.29) is 11.3 Å². The van der Waals surface area contributed by atoms with Gasteiger partial charge in [-0.1, -0.05) is 0 Å². The third-order valence-electron chi connectivity index (χ3n) is 2.78. The maximum atomic E-state index is 12.1. The molecule has 2 rings (SSSR count). The highest BCUT2D eigenvalue weighted by atomic mass is 79.9. The van der Waals surface area contributed by atoms with E-state index in [0.717, 1.165) is 0 Å². The van der Waals surface area contributed by atoms with Gasteiger partial charge in [0.25, 0.3) is 0 Å². The second-order valence-corrected chi connectivity index (χ2v) is 5.15. The van der Waals surface area contributed by atoms with Gasteiger partial charge in [0, 0.05) is 0 Å². The van der Waals surface area contributed by atoms with E-state index in [9.17, 15) is 9.59 Å². The molecule has 0 radical (unpaired) electrons. The van der Waals surface area contributed by atoms with Gasteiger partial charge in [0.1, 0.15) is 11.5 Å². The summed E-state index contributed by atoms with van der Waals surface area (Å²) in [5, 5.41) is 8.81. The van der Waals surface area contributed by atoms with Crippen LogP contribution in [0.15, 0.2) is 46.9 Å². The number of hydrogen-bond acceptors (Lipinski definition) is 4. The molecule has 22 heavy (non-hydrogen) atoms. The zero-order valence-corrected chi connectivity index (χ0v) is 13.3. The predicted octanol–water partition coefficient (Wildman–Crippen LogP) is 3.77. The third kappa shape index (κ3) is 3.85. The van der Waals surface area contributed by atoms with E-state index in [2.05, 4.69) is 15.9 Å². The van der Waals surface area contributed by atoms with Crippen LogP contribution in [0.2, 0.25) is 0 Å². The molecule has 0 unspecified atom stereocenters. The zero-order chi connectivity index (χ0) is 16.1. The fourth-order valence-electron chi connectivity index (χ4n) is 1.73. The molecule has 0 atom stereocenters. The first-order chi connectivity index (χ1) is 10.5. The highest BCUT2D eigenvalue weighted by Crippen LogP contribution is 2.26. The number of ether oxygens (including phenoxy) is 2. The first-order valence-corrected chi connectivity index (χ1v) is 7.28. The fourth-order valence-corrected chi connectivity index (χ4v) is 2.23. The van der Waals surface area contributed by atoms with Gasteiger partial charge in [0.15, 0.2) is 0 Å². The summed E-state index contributed by atoms with van der Waals surface area (Å²) in [6.07, 6.45) is 0. The summed E-state index contributed by atoms with van der Waals surface area (Å²) in [6.45, 7) is 2.40.